The van der Waals surface area contributed by atoms with Crippen LogP contribution in [0.5, 0.6) is 0 Å². The van der Waals surface area contributed by atoms with Crippen molar-refractivity contribution in [1.29, 1.82) is 0 Å². The molecule has 0 saturated carbocycles. The summed E-state index contributed by atoms with van der Waals surface area (Å²) >= 11 is 0. The van der Waals surface area contributed by atoms with E-state index < -0.39 is 0 Å². The number of nitrogen functional groups attached to an aromatic ring is 1. The van der Waals surface area contributed by atoms with Crippen LogP contribution in [0.25, 0.3) is 0 Å². The third kappa shape index (κ3) is 1.54. The van der Waals surface area contributed by atoms with E-state index in [0.29, 0.717) is 13.1 Å². The Morgan fingerprint density at radius 2 is 1.88 bits per heavy atom. The standard InChI is InChI=1S/C11H11N5O/c12-10-9(13-15-14-10)11(17)16-5-7-3-1-2-4-8(7)6-16/h1-4H,5-6H2,(H3,12,13,14,15). The Kier molecular flexibility index (Phi) is 2.07. The van der Waals surface area contributed by atoms with Gasteiger partial charge in [0.1, 0.15) is 0 Å². The van der Waals surface area contributed by atoms with Gasteiger partial charge in [0.25, 0.3) is 5.91 Å². The van der Waals surface area contributed by atoms with Crippen LogP contribution in [0.1, 0.15) is 21.6 Å². The molecule has 0 aliphatic carbocycles. The number of amides is 1. The summed E-state index contributed by atoms with van der Waals surface area (Å²) in [5.74, 6) is -0.0431. The Hall–Kier alpha value is -2.37. The smallest absolute Gasteiger partial charge is 0.278 e. The van der Waals surface area contributed by atoms with E-state index in [1.165, 1.54) is 11.1 Å². The van der Waals surface area contributed by atoms with Gasteiger partial charge in [0.15, 0.2) is 11.5 Å². The number of nitrogens with two attached hydrogens (primary N) is 1. The van der Waals surface area contributed by atoms with Crippen molar-refractivity contribution in [3.05, 3.63) is 41.1 Å². The Balaban J connectivity index is 1.86. The van der Waals surface area contributed by atoms with Crippen LogP contribution >= 0.6 is 0 Å². The second kappa shape index (κ2) is 3.58. The molecule has 86 valence electrons. The lowest BCUT2D eigenvalue weighted by Crippen LogP contribution is -2.26. The van der Waals surface area contributed by atoms with E-state index in [1.54, 1.807) is 4.90 Å². The molecule has 3 N–H and O–H groups in total. The summed E-state index contributed by atoms with van der Waals surface area (Å²) in [6.07, 6.45) is 0. The molecule has 3 rings (SSSR count). The lowest BCUT2D eigenvalue weighted by Gasteiger charge is -2.13. The van der Waals surface area contributed by atoms with Crippen LogP contribution < -0.4 is 5.73 Å². The summed E-state index contributed by atoms with van der Waals surface area (Å²) in [5, 5.41) is 9.77. The first-order chi connectivity index (χ1) is 8.25. The molecule has 0 atom stereocenters. The molecule has 0 spiro atoms. The minimum absolute atomic E-state index is 0.144. The molecule has 17 heavy (non-hydrogen) atoms. The zero-order valence-corrected chi connectivity index (χ0v) is 9.05. The summed E-state index contributed by atoms with van der Waals surface area (Å²) < 4.78 is 0. The van der Waals surface area contributed by atoms with Crippen molar-refractivity contribution in [1.82, 2.24) is 20.3 Å². The zero-order chi connectivity index (χ0) is 11.8. The molecular formula is C11H11N5O. The Morgan fingerprint density at radius 1 is 1.24 bits per heavy atom. The van der Waals surface area contributed by atoms with Crippen LogP contribution in [0.3, 0.4) is 0 Å². The van der Waals surface area contributed by atoms with Gasteiger partial charge in [-0.1, -0.05) is 24.3 Å². The number of rotatable bonds is 1. The van der Waals surface area contributed by atoms with Gasteiger partial charge >= 0.3 is 0 Å². The first-order valence-electron chi connectivity index (χ1n) is 5.28. The van der Waals surface area contributed by atoms with Crippen molar-refractivity contribution in [2.24, 2.45) is 0 Å². The number of nitrogens with zero attached hydrogens (tertiary/aromatic N) is 3. The Morgan fingerprint density at radius 3 is 2.41 bits per heavy atom. The summed E-state index contributed by atoms with van der Waals surface area (Å²) in [6, 6.07) is 7.98. The lowest BCUT2D eigenvalue weighted by atomic mass is 10.1. The third-order valence-electron chi connectivity index (χ3n) is 2.91. The first kappa shape index (κ1) is 9.83. The molecule has 1 aliphatic rings. The van der Waals surface area contributed by atoms with E-state index in [-0.39, 0.29) is 17.4 Å². The number of carbonyl (C=O) groups excluding carboxylic acids is 1. The number of fused-ring (bicyclic) bond motifs is 1. The maximum Gasteiger partial charge on any atom is 0.278 e. The largest absolute Gasteiger partial charge is 0.380 e. The highest BCUT2D eigenvalue weighted by Crippen LogP contribution is 2.24. The summed E-state index contributed by atoms with van der Waals surface area (Å²) in [7, 11) is 0. The fourth-order valence-corrected chi connectivity index (χ4v) is 2.02. The normalized spacial score (nSPS) is 13.8. The second-order valence-corrected chi connectivity index (χ2v) is 3.99. The molecule has 0 fully saturated rings. The number of nitrogens with one attached hydrogen (secondary N) is 1. The molecular weight excluding hydrogens is 218 g/mol. The number of anilines is 1. The van der Waals surface area contributed by atoms with E-state index >= 15 is 0 Å². The predicted molar refractivity (Wildman–Crippen MR) is 60.8 cm³/mol. The average Bonchev–Trinajstić information content (AvgIpc) is 2.93. The van der Waals surface area contributed by atoms with E-state index in [0.717, 1.165) is 0 Å². The van der Waals surface area contributed by atoms with Crippen LogP contribution in [-0.2, 0) is 13.1 Å². The fourth-order valence-electron chi connectivity index (χ4n) is 2.02. The van der Waals surface area contributed by atoms with Gasteiger partial charge in [-0.25, -0.2) is 0 Å². The van der Waals surface area contributed by atoms with E-state index in [4.69, 9.17) is 5.73 Å². The molecule has 0 unspecified atom stereocenters. The number of carbonyl (C=O) groups is 1. The van der Waals surface area contributed by atoms with Crippen LogP contribution in [-0.4, -0.2) is 26.2 Å². The summed E-state index contributed by atoms with van der Waals surface area (Å²) in [5.41, 5.74) is 8.09. The summed E-state index contributed by atoms with van der Waals surface area (Å²) in [4.78, 5) is 13.8. The number of aromatic amines is 1. The molecule has 2 aromatic rings. The fraction of sp³-hybridized carbons (Fsp3) is 0.182. The van der Waals surface area contributed by atoms with Crippen molar-refractivity contribution >= 4 is 11.7 Å². The molecule has 2 heterocycles. The number of hydrogen-bond donors (Lipinski definition) is 2. The molecule has 1 aromatic heterocycles. The van der Waals surface area contributed by atoms with Crippen molar-refractivity contribution in [2.45, 2.75) is 13.1 Å². The molecule has 0 saturated heterocycles. The minimum Gasteiger partial charge on any atom is -0.380 e. The van der Waals surface area contributed by atoms with Gasteiger partial charge in [-0.05, 0) is 11.1 Å². The van der Waals surface area contributed by atoms with E-state index in [9.17, 15) is 4.79 Å². The second-order valence-electron chi connectivity index (χ2n) is 3.99. The van der Waals surface area contributed by atoms with Gasteiger partial charge in [-0.2, -0.15) is 5.21 Å². The molecule has 6 nitrogen and oxygen atoms in total. The topological polar surface area (TPSA) is 87.9 Å². The van der Waals surface area contributed by atoms with Crippen molar-refractivity contribution in [3.63, 3.8) is 0 Å². The Labute approximate surface area is 97.4 Å². The van der Waals surface area contributed by atoms with Crippen molar-refractivity contribution in [2.75, 3.05) is 5.73 Å². The van der Waals surface area contributed by atoms with Crippen molar-refractivity contribution in [3.8, 4) is 0 Å². The predicted octanol–water partition coefficient (Wildman–Crippen LogP) is 0.543. The van der Waals surface area contributed by atoms with Gasteiger partial charge in [-0.3, -0.25) is 4.79 Å². The maximum absolute atomic E-state index is 12.1. The number of aromatic nitrogens is 3. The molecule has 1 aromatic carbocycles. The highest BCUT2D eigenvalue weighted by Gasteiger charge is 2.26. The van der Waals surface area contributed by atoms with Crippen LogP contribution in [0.4, 0.5) is 5.82 Å². The summed E-state index contributed by atoms with van der Waals surface area (Å²) in [6.45, 7) is 1.20. The van der Waals surface area contributed by atoms with Gasteiger partial charge in [0.2, 0.25) is 0 Å². The van der Waals surface area contributed by atoms with Crippen LogP contribution in [0.15, 0.2) is 24.3 Å². The Bertz CT molecular complexity index is 552. The zero-order valence-electron chi connectivity index (χ0n) is 9.05. The minimum atomic E-state index is -0.188. The maximum atomic E-state index is 12.1. The quantitative estimate of drug-likeness (QED) is 0.747. The lowest BCUT2D eigenvalue weighted by molar-refractivity contribution is 0.0746. The van der Waals surface area contributed by atoms with Crippen LogP contribution in [0, 0.1) is 0 Å². The van der Waals surface area contributed by atoms with E-state index in [2.05, 4.69) is 15.4 Å². The van der Waals surface area contributed by atoms with Gasteiger partial charge in [0, 0.05) is 13.1 Å². The molecule has 6 heteroatoms. The van der Waals surface area contributed by atoms with E-state index in [1.807, 2.05) is 24.3 Å². The van der Waals surface area contributed by atoms with Gasteiger partial charge in [0.05, 0.1) is 0 Å². The number of H-pyrrole nitrogens is 1. The number of benzene rings is 1. The third-order valence-corrected chi connectivity index (χ3v) is 2.91. The van der Waals surface area contributed by atoms with Gasteiger partial charge in [-0.15, -0.1) is 10.2 Å². The molecule has 1 aliphatic heterocycles. The molecule has 0 bridgehead atoms. The highest BCUT2D eigenvalue weighted by molar-refractivity contribution is 5.96. The van der Waals surface area contributed by atoms with Crippen LogP contribution in [0.2, 0.25) is 0 Å². The highest BCUT2D eigenvalue weighted by atomic mass is 16.2. The monoisotopic (exact) mass is 229 g/mol. The number of hydrogen-bond acceptors (Lipinski definition) is 4. The molecule has 1 amide bonds. The SMILES string of the molecule is Nc1n[nH]nc1C(=O)N1Cc2ccccc2C1. The average molecular weight is 229 g/mol. The first-order valence-corrected chi connectivity index (χ1v) is 5.28. The van der Waals surface area contributed by atoms with Crippen molar-refractivity contribution < 1.29 is 4.79 Å². The van der Waals surface area contributed by atoms with Gasteiger partial charge < -0.3 is 10.6 Å². The molecule has 0 radical (unpaired) electrons.